The second kappa shape index (κ2) is 5.91. The molecule has 2 aromatic rings. The van der Waals surface area contributed by atoms with Gasteiger partial charge < -0.3 is 10.4 Å². The highest BCUT2D eigenvalue weighted by atomic mass is 35.5. The molecule has 21 heavy (non-hydrogen) atoms. The zero-order valence-electron chi connectivity index (χ0n) is 12.6. The summed E-state index contributed by atoms with van der Waals surface area (Å²) in [5, 5.41) is 24.2. The number of aliphatic hydroxyl groups is 1. The predicted molar refractivity (Wildman–Crippen MR) is 88.1 cm³/mol. The number of hydrogen-bond acceptors (Lipinski definition) is 5. The summed E-state index contributed by atoms with van der Waals surface area (Å²) in [5.74, 6) is 0. The first-order valence-electron chi connectivity index (χ1n) is 6.75. The average molecular weight is 326 g/mol. The van der Waals surface area contributed by atoms with Gasteiger partial charge in [0.1, 0.15) is 10.6 Å². The van der Waals surface area contributed by atoms with E-state index in [1.54, 1.807) is 13.0 Å². The van der Waals surface area contributed by atoms with Crippen molar-refractivity contribution in [2.45, 2.75) is 38.7 Å². The molecular weight excluding hydrogens is 306 g/mol. The largest absolute Gasteiger partial charge is 0.384 e. The lowest BCUT2D eigenvalue weighted by Crippen LogP contribution is -2.31. The zero-order valence-corrected chi connectivity index (χ0v) is 14.2. The van der Waals surface area contributed by atoms with E-state index in [0.29, 0.717) is 22.3 Å². The maximum absolute atomic E-state index is 10.6. The van der Waals surface area contributed by atoms with Gasteiger partial charge in [-0.05, 0) is 13.0 Å². The van der Waals surface area contributed by atoms with Crippen molar-refractivity contribution in [3.8, 4) is 0 Å². The summed E-state index contributed by atoms with van der Waals surface area (Å²) in [4.78, 5) is 0. The Bertz CT molecular complexity index is 619. The molecule has 0 amide bonds. The van der Waals surface area contributed by atoms with Crippen LogP contribution in [-0.4, -0.2) is 21.8 Å². The summed E-state index contributed by atoms with van der Waals surface area (Å²) in [6.45, 7) is 8.33. The van der Waals surface area contributed by atoms with Crippen LogP contribution in [0, 0.1) is 0 Å². The van der Waals surface area contributed by atoms with Gasteiger partial charge in [-0.15, -0.1) is 10.2 Å². The second-order valence-corrected chi connectivity index (χ2v) is 7.65. The minimum Gasteiger partial charge on any atom is -0.384 e. The molecule has 0 aliphatic heterocycles. The summed E-state index contributed by atoms with van der Waals surface area (Å²) in [7, 11) is 0. The Kier molecular flexibility index (Phi) is 4.56. The number of halogens is 1. The molecule has 6 heteroatoms. The smallest absolute Gasteiger partial charge is 0.205 e. The highest BCUT2D eigenvalue weighted by Crippen LogP contribution is 2.30. The average Bonchev–Trinajstić information content (AvgIpc) is 2.85. The second-order valence-electron chi connectivity index (χ2n) is 6.27. The Morgan fingerprint density at radius 2 is 1.86 bits per heavy atom. The molecule has 0 fully saturated rings. The van der Waals surface area contributed by atoms with Crippen LogP contribution in [0.3, 0.4) is 0 Å². The van der Waals surface area contributed by atoms with Gasteiger partial charge in [0.05, 0.1) is 0 Å². The Hall–Kier alpha value is -1.17. The van der Waals surface area contributed by atoms with Crippen molar-refractivity contribution >= 4 is 28.1 Å². The predicted octanol–water partition coefficient (Wildman–Crippen LogP) is 3.81. The van der Waals surface area contributed by atoms with Gasteiger partial charge in [-0.2, -0.15) is 0 Å². The van der Waals surface area contributed by atoms with Gasteiger partial charge in [-0.3, -0.25) is 0 Å². The number of hydrogen-bond donors (Lipinski definition) is 2. The van der Waals surface area contributed by atoms with Crippen LogP contribution < -0.4 is 5.32 Å². The molecule has 1 heterocycles. The molecule has 0 bridgehead atoms. The van der Waals surface area contributed by atoms with Crippen molar-refractivity contribution < 1.29 is 5.11 Å². The summed E-state index contributed by atoms with van der Waals surface area (Å²) in [6.07, 6.45) is 0. The summed E-state index contributed by atoms with van der Waals surface area (Å²) >= 11 is 7.64. The van der Waals surface area contributed by atoms with Gasteiger partial charge in [0.15, 0.2) is 0 Å². The van der Waals surface area contributed by atoms with Crippen molar-refractivity contribution in [1.82, 2.24) is 10.2 Å². The molecule has 0 radical (unpaired) electrons. The fourth-order valence-electron chi connectivity index (χ4n) is 1.84. The molecule has 2 rings (SSSR count). The molecule has 114 valence electrons. The molecule has 0 aliphatic rings. The van der Waals surface area contributed by atoms with Gasteiger partial charge in [0.2, 0.25) is 5.13 Å². The van der Waals surface area contributed by atoms with E-state index in [2.05, 4.69) is 36.3 Å². The first-order chi connectivity index (χ1) is 9.70. The van der Waals surface area contributed by atoms with Crippen LogP contribution in [0.5, 0.6) is 0 Å². The number of aromatic nitrogens is 2. The molecule has 1 atom stereocenters. The van der Waals surface area contributed by atoms with E-state index in [-0.39, 0.29) is 5.41 Å². The third kappa shape index (κ3) is 3.93. The van der Waals surface area contributed by atoms with Crippen LogP contribution in [0.1, 0.15) is 38.3 Å². The normalized spacial score (nSPS) is 14.8. The van der Waals surface area contributed by atoms with Crippen molar-refractivity contribution in [2.75, 3.05) is 11.9 Å². The topological polar surface area (TPSA) is 58.0 Å². The van der Waals surface area contributed by atoms with Crippen molar-refractivity contribution in [3.63, 3.8) is 0 Å². The Morgan fingerprint density at radius 1 is 1.19 bits per heavy atom. The number of nitrogens with zero attached hydrogens (tertiary/aromatic N) is 2. The van der Waals surface area contributed by atoms with Crippen LogP contribution >= 0.6 is 22.9 Å². The first kappa shape index (κ1) is 16.2. The van der Waals surface area contributed by atoms with Gasteiger partial charge >= 0.3 is 0 Å². The lowest BCUT2D eigenvalue weighted by Gasteiger charge is -2.25. The monoisotopic (exact) mass is 325 g/mol. The van der Waals surface area contributed by atoms with Crippen LogP contribution in [0.15, 0.2) is 24.3 Å². The van der Waals surface area contributed by atoms with E-state index in [1.165, 1.54) is 11.3 Å². The Balaban J connectivity index is 2.09. The summed E-state index contributed by atoms with van der Waals surface area (Å²) in [6, 6.07) is 7.30. The van der Waals surface area contributed by atoms with Crippen LogP contribution in [0.2, 0.25) is 5.02 Å². The van der Waals surface area contributed by atoms with Crippen LogP contribution in [0.25, 0.3) is 0 Å². The van der Waals surface area contributed by atoms with Crippen molar-refractivity contribution in [2.24, 2.45) is 0 Å². The maximum atomic E-state index is 10.6. The molecule has 0 aliphatic carbocycles. The van der Waals surface area contributed by atoms with E-state index >= 15 is 0 Å². The van der Waals surface area contributed by atoms with Crippen molar-refractivity contribution in [1.29, 1.82) is 0 Å². The lowest BCUT2D eigenvalue weighted by molar-refractivity contribution is 0.0716. The number of rotatable bonds is 4. The fraction of sp³-hybridized carbons (Fsp3) is 0.467. The molecule has 1 aromatic carbocycles. The number of nitrogens with one attached hydrogen (secondary N) is 1. The third-order valence-corrected chi connectivity index (χ3v) is 4.74. The maximum Gasteiger partial charge on any atom is 0.205 e. The van der Waals surface area contributed by atoms with Crippen molar-refractivity contribution in [3.05, 3.63) is 39.9 Å². The quantitative estimate of drug-likeness (QED) is 0.897. The standard InChI is InChI=1S/C15H20ClN3OS/c1-14(2,3)12-18-19-13(21-12)17-9-15(4,20)10-7-5-6-8-11(10)16/h5-8,20H,9H2,1-4H3,(H,17,19). The zero-order chi connectivity index (χ0) is 15.7. The highest BCUT2D eigenvalue weighted by Gasteiger charge is 2.26. The van der Waals surface area contributed by atoms with E-state index < -0.39 is 5.60 Å². The summed E-state index contributed by atoms with van der Waals surface area (Å²) < 4.78 is 0. The lowest BCUT2D eigenvalue weighted by atomic mass is 9.96. The summed E-state index contributed by atoms with van der Waals surface area (Å²) in [5.41, 5.74) is -0.408. The third-order valence-electron chi connectivity index (χ3n) is 3.10. The van der Waals surface area contributed by atoms with E-state index in [4.69, 9.17) is 11.6 Å². The molecule has 0 saturated carbocycles. The number of benzene rings is 1. The molecule has 2 N–H and O–H groups in total. The molecular formula is C15H20ClN3OS. The van der Waals surface area contributed by atoms with Crippen LogP contribution in [-0.2, 0) is 11.0 Å². The number of anilines is 1. The van der Waals surface area contributed by atoms with Gasteiger partial charge in [-0.1, -0.05) is 61.9 Å². The fourth-order valence-corrected chi connectivity index (χ4v) is 2.97. The Labute approximate surface area is 134 Å². The highest BCUT2D eigenvalue weighted by molar-refractivity contribution is 7.15. The van der Waals surface area contributed by atoms with Gasteiger partial charge in [0, 0.05) is 22.5 Å². The molecule has 1 unspecified atom stereocenters. The Morgan fingerprint density at radius 3 is 2.43 bits per heavy atom. The molecule has 4 nitrogen and oxygen atoms in total. The molecule has 0 saturated heterocycles. The van der Waals surface area contributed by atoms with E-state index in [1.807, 2.05) is 18.2 Å². The van der Waals surface area contributed by atoms with E-state index in [9.17, 15) is 5.11 Å². The van der Waals surface area contributed by atoms with Gasteiger partial charge in [-0.25, -0.2) is 0 Å². The first-order valence-corrected chi connectivity index (χ1v) is 7.95. The molecule has 1 aromatic heterocycles. The molecule has 0 spiro atoms. The SMILES string of the molecule is CC(C)(C)c1nnc(NCC(C)(O)c2ccccc2Cl)s1. The van der Waals surface area contributed by atoms with Crippen LogP contribution in [0.4, 0.5) is 5.13 Å². The van der Waals surface area contributed by atoms with Gasteiger partial charge in [0.25, 0.3) is 0 Å². The minimum atomic E-state index is -1.08. The minimum absolute atomic E-state index is 0.0249. The van der Waals surface area contributed by atoms with E-state index in [0.717, 1.165) is 5.01 Å².